The average Bonchev–Trinajstić information content (AvgIpc) is 2.99. The molecule has 0 fully saturated rings. The maximum Gasteiger partial charge on any atom is 0.256 e. The van der Waals surface area contributed by atoms with E-state index in [1.807, 2.05) is 24.3 Å². The van der Waals surface area contributed by atoms with E-state index in [1.165, 1.54) is 0 Å². The van der Waals surface area contributed by atoms with Crippen molar-refractivity contribution in [2.45, 2.75) is 0 Å². The molecule has 92 valence electrons. The first-order valence-corrected chi connectivity index (χ1v) is 5.73. The minimum absolute atomic E-state index is 0.0900. The molecule has 2 aliphatic rings. The van der Waals surface area contributed by atoms with Crippen LogP contribution < -0.4 is 15.4 Å². The third-order valence-electron chi connectivity index (χ3n) is 3.02. The summed E-state index contributed by atoms with van der Waals surface area (Å²) in [5.74, 6) is 0.649. The van der Waals surface area contributed by atoms with Crippen molar-refractivity contribution in [2.24, 2.45) is 4.99 Å². The number of carbonyl (C=O) groups excluding carboxylic acids is 1. The maximum atomic E-state index is 11.9. The molecule has 2 aliphatic heterocycles. The predicted octanol–water partition coefficient (Wildman–Crippen LogP) is 1.03. The van der Waals surface area contributed by atoms with Gasteiger partial charge in [-0.1, -0.05) is 0 Å². The number of rotatable bonds is 2. The summed E-state index contributed by atoms with van der Waals surface area (Å²) in [5.41, 5.74) is 3.23. The Hall–Kier alpha value is -2.14. The highest BCUT2D eigenvalue weighted by atomic mass is 16.5. The highest BCUT2D eigenvalue weighted by Crippen LogP contribution is 2.34. The molecule has 0 atom stereocenters. The van der Waals surface area contributed by atoms with E-state index in [-0.39, 0.29) is 5.91 Å². The molecule has 0 radical (unpaired) electrons. The number of amides is 1. The molecule has 18 heavy (non-hydrogen) atoms. The molecule has 0 aromatic heterocycles. The van der Waals surface area contributed by atoms with Crippen LogP contribution >= 0.6 is 0 Å². The van der Waals surface area contributed by atoms with Crippen molar-refractivity contribution in [1.82, 2.24) is 5.32 Å². The van der Waals surface area contributed by atoms with Crippen LogP contribution in [0.3, 0.4) is 0 Å². The van der Waals surface area contributed by atoms with Crippen LogP contribution in [0.25, 0.3) is 5.57 Å². The fourth-order valence-electron chi connectivity index (χ4n) is 2.10. The van der Waals surface area contributed by atoms with E-state index in [0.29, 0.717) is 18.8 Å². The van der Waals surface area contributed by atoms with E-state index in [9.17, 15) is 4.79 Å². The van der Waals surface area contributed by atoms with Crippen molar-refractivity contribution in [2.75, 3.05) is 25.6 Å². The number of aliphatic imine (C=N–C) groups is 1. The number of hydrogen-bond donors (Lipinski definition) is 2. The van der Waals surface area contributed by atoms with Crippen molar-refractivity contribution >= 4 is 22.9 Å². The number of anilines is 1. The molecule has 1 aromatic rings. The largest absolute Gasteiger partial charge is 0.497 e. The van der Waals surface area contributed by atoms with Crippen LogP contribution in [0.15, 0.2) is 29.3 Å². The van der Waals surface area contributed by atoms with Gasteiger partial charge in [0.05, 0.1) is 25.1 Å². The monoisotopic (exact) mass is 243 g/mol. The van der Waals surface area contributed by atoms with E-state index in [4.69, 9.17) is 4.74 Å². The normalized spacial score (nSPS) is 19.7. The molecule has 0 aliphatic carbocycles. The highest BCUT2D eigenvalue weighted by molar-refractivity contribution is 6.34. The Balaban J connectivity index is 2.04. The minimum Gasteiger partial charge on any atom is -0.497 e. The lowest BCUT2D eigenvalue weighted by molar-refractivity contribution is -0.110. The Morgan fingerprint density at radius 1 is 1.44 bits per heavy atom. The zero-order valence-corrected chi connectivity index (χ0v) is 9.99. The number of benzene rings is 1. The van der Waals surface area contributed by atoms with Crippen LogP contribution in [0.4, 0.5) is 5.69 Å². The molecule has 5 heteroatoms. The number of fused-ring (bicyclic) bond motifs is 1. The number of nitrogens with one attached hydrogen (secondary N) is 2. The van der Waals surface area contributed by atoms with Gasteiger partial charge in [-0.25, -0.2) is 0 Å². The first-order valence-electron chi connectivity index (χ1n) is 5.73. The zero-order valence-electron chi connectivity index (χ0n) is 9.99. The SMILES string of the molecule is COc1ccc2c(c1)/C(=C/C1=NCNC1)C(=O)N2. The lowest BCUT2D eigenvalue weighted by Crippen LogP contribution is -2.12. The van der Waals surface area contributed by atoms with Gasteiger partial charge < -0.3 is 10.1 Å². The van der Waals surface area contributed by atoms with Gasteiger partial charge in [0.15, 0.2) is 0 Å². The Bertz CT molecular complexity index is 576. The van der Waals surface area contributed by atoms with E-state index in [1.54, 1.807) is 7.11 Å². The van der Waals surface area contributed by atoms with Crippen molar-refractivity contribution in [3.8, 4) is 5.75 Å². The van der Waals surface area contributed by atoms with Gasteiger partial charge in [0.1, 0.15) is 5.75 Å². The van der Waals surface area contributed by atoms with Gasteiger partial charge in [0.25, 0.3) is 5.91 Å². The molecular weight excluding hydrogens is 230 g/mol. The molecule has 2 heterocycles. The third kappa shape index (κ3) is 1.78. The Labute approximate surface area is 105 Å². The van der Waals surface area contributed by atoms with Crippen molar-refractivity contribution in [3.05, 3.63) is 29.8 Å². The van der Waals surface area contributed by atoms with Crippen LogP contribution in [0.2, 0.25) is 0 Å². The summed E-state index contributed by atoms with van der Waals surface area (Å²) >= 11 is 0. The van der Waals surface area contributed by atoms with E-state index >= 15 is 0 Å². The lowest BCUT2D eigenvalue weighted by atomic mass is 10.1. The van der Waals surface area contributed by atoms with Crippen LogP contribution in [0, 0.1) is 0 Å². The van der Waals surface area contributed by atoms with Crippen LogP contribution in [0.1, 0.15) is 5.56 Å². The van der Waals surface area contributed by atoms with Crippen LogP contribution in [-0.2, 0) is 4.79 Å². The molecule has 2 N–H and O–H groups in total. The second-order valence-electron chi connectivity index (χ2n) is 4.16. The Morgan fingerprint density at radius 2 is 2.33 bits per heavy atom. The summed E-state index contributed by atoms with van der Waals surface area (Å²) in [5, 5.41) is 5.94. The molecule has 1 aromatic carbocycles. The van der Waals surface area contributed by atoms with Gasteiger partial charge in [-0.15, -0.1) is 0 Å². The van der Waals surface area contributed by atoms with Crippen molar-refractivity contribution in [1.29, 1.82) is 0 Å². The van der Waals surface area contributed by atoms with E-state index < -0.39 is 0 Å². The summed E-state index contributed by atoms with van der Waals surface area (Å²) in [4.78, 5) is 16.2. The van der Waals surface area contributed by atoms with Gasteiger partial charge in [0, 0.05) is 17.8 Å². The Kier molecular flexibility index (Phi) is 2.60. The van der Waals surface area contributed by atoms with E-state index in [0.717, 1.165) is 22.7 Å². The number of carbonyl (C=O) groups is 1. The van der Waals surface area contributed by atoms with Gasteiger partial charge in [0.2, 0.25) is 0 Å². The van der Waals surface area contributed by atoms with Gasteiger partial charge in [-0.05, 0) is 24.3 Å². The minimum atomic E-state index is -0.0900. The molecular formula is C13H13N3O2. The molecule has 5 nitrogen and oxygen atoms in total. The van der Waals surface area contributed by atoms with Crippen LogP contribution in [-0.4, -0.2) is 31.9 Å². The average molecular weight is 243 g/mol. The molecule has 0 saturated carbocycles. The second-order valence-corrected chi connectivity index (χ2v) is 4.16. The highest BCUT2D eigenvalue weighted by Gasteiger charge is 2.25. The molecule has 0 bridgehead atoms. The zero-order chi connectivity index (χ0) is 12.5. The van der Waals surface area contributed by atoms with Gasteiger partial charge in [-0.2, -0.15) is 0 Å². The lowest BCUT2D eigenvalue weighted by Gasteiger charge is -2.02. The molecule has 0 unspecified atom stereocenters. The standard InChI is InChI=1S/C13H13N3O2/c1-18-9-2-3-12-10(5-9)11(13(17)16-12)4-8-6-14-7-15-8/h2-5,14H,6-7H2,1H3,(H,16,17)/b11-4-. The summed E-state index contributed by atoms with van der Waals surface area (Å²) in [6, 6.07) is 5.54. The van der Waals surface area contributed by atoms with Crippen molar-refractivity contribution < 1.29 is 9.53 Å². The van der Waals surface area contributed by atoms with Gasteiger partial charge >= 0.3 is 0 Å². The van der Waals surface area contributed by atoms with Crippen molar-refractivity contribution in [3.63, 3.8) is 0 Å². The fraction of sp³-hybridized carbons (Fsp3) is 0.231. The van der Waals surface area contributed by atoms with Crippen LogP contribution in [0.5, 0.6) is 5.75 Å². The molecule has 1 amide bonds. The van der Waals surface area contributed by atoms with Gasteiger partial charge in [-0.3, -0.25) is 15.1 Å². The molecule has 0 saturated heterocycles. The summed E-state index contributed by atoms with van der Waals surface area (Å²) in [7, 11) is 1.61. The number of methoxy groups -OCH3 is 1. The third-order valence-corrected chi connectivity index (χ3v) is 3.02. The summed E-state index contributed by atoms with van der Waals surface area (Å²) in [6.45, 7) is 1.32. The smallest absolute Gasteiger partial charge is 0.256 e. The second kappa shape index (κ2) is 4.27. The first kappa shape index (κ1) is 11.0. The number of hydrogen-bond acceptors (Lipinski definition) is 4. The number of nitrogens with zero attached hydrogens (tertiary/aromatic N) is 1. The predicted molar refractivity (Wildman–Crippen MR) is 69.9 cm³/mol. The summed E-state index contributed by atoms with van der Waals surface area (Å²) in [6.07, 6.45) is 1.83. The fourth-order valence-corrected chi connectivity index (χ4v) is 2.10. The topological polar surface area (TPSA) is 62.7 Å². The number of ether oxygens (including phenoxy) is 1. The first-order chi connectivity index (χ1) is 8.78. The summed E-state index contributed by atoms with van der Waals surface area (Å²) < 4.78 is 5.18. The molecule has 3 rings (SSSR count). The quantitative estimate of drug-likeness (QED) is 0.763. The molecule has 0 spiro atoms. The maximum absolute atomic E-state index is 11.9. The van der Waals surface area contributed by atoms with E-state index in [2.05, 4.69) is 15.6 Å². The Morgan fingerprint density at radius 3 is 3.06 bits per heavy atom.